The highest BCUT2D eigenvalue weighted by Crippen LogP contribution is 2.41. The van der Waals surface area contributed by atoms with Crippen LogP contribution in [0.1, 0.15) is 29.0 Å². The fraction of sp³-hybridized carbons (Fsp3) is 0.333. The lowest BCUT2D eigenvalue weighted by Crippen LogP contribution is -2.38. The molecule has 1 aliphatic heterocycles. The number of hydrogen-bond donors (Lipinski definition) is 1. The van der Waals surface area contributed by atoms with Crippen LogP contribution in [0.25, 0.3) is 0 Å². The average molecular weight is 283 g/mol. The van der Waals surface area contributed by atoms with Gasteiger partial charge in [0.2, 0.25) is 0 Å². The number of benzene rings is 2. The Labute approximate surface area is 125 Å². The van der Waals surface area contributed by atoms with Gasteiger partial charge in [-0.2, -0.15) is 0 Å². The van der Waals surface area contributed by atoms with Crippen LogP contribution < -0.4 is 4.74 Å². The predicted octanol–water partition coefficient (Wildman–Crippen LogP) is 2.98. The Balaban J connectivity index is 2.06. The van der Waals surface area contributed by atoms with Crippen LogP contribution >= 0.6 is 0 Å². The number of ether oxygens (including phenoxy) is 1. The van der Waals surface area contributed by atoms with Crippen molar-refractivity contribution in [3.63, 3.8) is 0 Å². The van der Waals surface area contributed by atoms with E-state index in [4.69, 9.17) is 4.74 Å². The zero-order chi connectivity index (χ0) is 14.8. The van der Waals surface area contributed by atoms with Crippen molar-refractivity contribution in [1.82, 2.24) is 4.90 Å². The molecule has 0 spiro atoms. The van der Waals surface area contributed by atoms with E-state index in [1.165, 1.54) is 11.1 Å². The molecule has 0 saturated heterocycles. The normalized spacial score (nSPS) is 21.0. The summed E-state index contributed by atoms with van der Waals surface area (Å²) in [6.45, 7) is 0.0614. The van der Waals surface area contributed by atoms with Gasteiger partial charge in [0.05, 0.1) is 6.61 Å². The van der Waals surface area contributed by atoms with Crippen molar-refractivity contribution >= 4 is 0 Å². The maximum atomic E-state index is 9.39. The molecule has 3 heteroatoms. The lowest BCUT2D eigenvalue weighted by Gasteiger charge is -2.36. The van der Waals surface area contributed by atoms with Crippen molar-refractivity contribution in [2.75, 3.05) is 14.1 Å². The van der Waals surface area contributed by atoms with E-state index >= 15 is 0 Å². The standard InChI is InChI=1S/C18H21NO2/c1-19(2)18-11-15(14-6-4-3-5-7-14)16-10-13(12-20)8-9-17(16)21-18/h3-10,15,18,20H,11-12H2,1-2H3. The Kier molecular flexibility index (Phi) is 3.95. The molecule has 3 nitrogen and oxygen atoms in total. The molecular formula is C18H21NO2. The molecule has 2 aromatic rings. The molecule has 21 heavy (non-hydrogen) atoms. The zero-order valence-corrected chi connectivity index (χ0v) is 12.5. The molecule has 2 unspecified atom stereocenters. The van der Waals surface area contributed by atoms with E-state index in [0.29, 0.717) is 5.92 Å². The summed E-state index contributed by atoms with van der Waals surface area (Å²) >= 11 is 0. The van der Waals surface area contributed by atoms with E-state index in [2.05, 4.69) is 35.2 Å². The summed E-state index contributed by atoms with van der Waals surface area (Å²) in [4.78, 5) is 2.11. The summed E-state index contributed by atoms with van der Waals surface area (Å²) in [5.74, 6) is 1.22. The molecule has 110 valence electrons. The summed E-state index contributed by atoms with van der Waals surface area (Å²) in [6, 6.07) is 16.5. The molecule has 1 aliphatic rings. The Morgan fingerprint density at radius 3 is 2.57 bits per heavy atom. The van der Waals surface area contributed by atoms with Gasteiger partial charge >= 0.3 is 0 Å². The Bertz CT molecular complexity index is 610. The second-order valence-corrected chi connectivity index (χ2v) is 5.77. The number of fused-ring (bicyclic) bond motifs is 1. The smallest absolute Gasteiger partial charge is 0.153 e. The van der Waals surface area contributed by atoms with Crippen molar-refractivity contribution in [2.24, 2.45) is 0 Å². The van der Waals surface area contributed by atoms with Gasteiger partial charge in [-0.15, -0.1) is 0 Å². The van der Waals surface area contributed by atoms with Gasteiger partial charge in [-0.3, -0.25) is 4.90 Å². The van der Waals surface area contributed by atoms with E-state index in [0.717, 1.165) is 17.7 Å². The van der Waals surface area contributed by atoms with Crippen molar-refractivity contribution in [3.05, 3.63) is 65.2 Å². The van der Waals surface area contributed by atoms with Crippen LogP contribution in [-0.4, -0.2) is 30.3 Å². The molecule has 0 aromatic heterocycles. The van der Waals surface area contributed by atoms with Gasteiger partial charge in [0.25, 0.3) is 0 Å². The fourth-order valence-electron chi connectivity index (χ4n) is 2.92. The van der Waals surface area contributed by atoms with Crippen LogP contribution in [0.4, 0.5) is 0 Å². The number of rotatable bonds is 3. The monoisotopic (exact) mass is 283 g/mol. The molecule has 0 radical (unpaired) electrons. The molecule has 2 atom stereocenters. The van der Waals surface area contributed by atoms with E-state index < -0.39 is 0 Å². The lowest BCUT2D eigenvalue weighted by molar-refractivity contribution is 0.0404. The van der Waals surface area contributed by atoms with Crippen LogP contribution in [-0.2, 0) is 6.61 Å². The Hall–Kier alpha value is -1.84. The highest BCUT2D eigenvalue weighted by Gasteiger charge is 2.30. The predicted molar refractivity (Wildman–Crippen MR) is 83.4 cm³/mol. The van der Waals surface area contributed by atoms with Crippen molar-refractivity contribution < 1.29 is 9.84 Å². The molecule has 1 N–H and O–H groups in total. The first-order valence-electron chi connectivity index (χ1n) is 7.30. The molecule has 2 aromatic carbocycles. The van der Waals surface area contributed by atoms with Crippen LogP contribution in [0.5, 0.6) is 5.75 Å². The summed E-state index contributed by atoms with van der Waals surface area (Å²) in [6.07, 6.45) is 0.987. The van der Waals surface area contributed by atoms with Crippen molar-refractivity contribution in [3.8, 4) is 5.75 Å². The van der Waals surface area contributed by atoms with Gasteiger partial charge in [-0.25, -0.2) is 0 Å². The topological polar surface area (TPSA) is 32.7 Å². The molecule has 0 bridgehead atoms. The second kappa shape index (κ2) is 5.88. The zero-order valence-electron chi connectivity index (χ0n) is 12.5. The maximum Gasteiger partial charge on any atom is 0.153 e. The molecular weight excluding hydrogens is 262 g/mol. The van der Waals surface area contributed by atoms with E-state index in [-0.39, 0.29) is 12.8 Å². The minimum absolute atomic E-state index is 0.0614. The summed E-state index contributed by atoms with van der Waals surface area (Å²) in [5.41, 5.74) is 3.40. The van der Waals surface area contributed by atoms with Crippen LogP contribution in [0.3, 0.4) is 0 Å². The van der Waals surface area contributed by atoms with Gasteiger partial charge in [0.1, 0.15) is 5.75 Å². The lowest BCUT2D eigenvalue weighted by atomic mass is 9.85. The second-order valence-electron chi connectivity index (χ2n) is 5.77. The fourth-order valence-corrected chi connectivity index (χ4v) is 2.92. The highest BCUT2D eigenvalue weighted by molar-refractivity contribution is 5.46. The molecule has 0 saturated carbocycles. The minimum atomic E-state index is 0.0614. The number of aliphatic hydroxyl groups is 1. The van der Waals surface area contributed by atoms with Crippen molar-refractivity contribution in [1.29, 1.82) is 0 Å². The summed E-state index contributed by atoms with van der Waals surface area (Å²) in [7, 11) is 4.08. The first kappa shape index (κ1) is 14.1. The van der Waals surface area contributed by atoms with E-state index in [1.54, 1.807) is 0 Å². The third-order valence-electron chi connectivity index (χ3n) is 4.11. The third kappa shape index (κ3) is 2.80. The van der Waals surface area contributed by atoms with Crippen LogP contribution in [0.15, 0.2) is 48.5 Å². The number of nitrogens with zero attached hydrogens (tertiary/aromatic N) is 1. The van der Waals surface area contributed by atoms with Crippen LogP contribution in [0, 0.1) is 0 Å². The average Bonchev–Trinajstić information content (AvgIpc) is 2.54. The number of aliphatic hydroxyl groups excluding tert-OH is 1. The molecule has 1 heterocycles. The largest absolute Gasteiger partial charge is 0.475 e. The van der Waals surface area contributed by atoms with Gasteiger partial charge in [-0.1, -0.05) is 36.4 Å². The highest BCUT2D eigenvalue weighted by atomic mass is 16.5. The van der Waals surface area contributed by atoms with Crippen molar-refractivity contribution in [2.45, 2.75) is 25.2 Å². The van der Waals surface area contributed by atoms with E-state index in [9.17, 15) is 5.11 Å². The van der Waals surface area contributed by atoms with Gasteiger partial charge < -0.3 is 9.84 Å². The summed E-state index contributed by atoms with van der Waals surface area (Å²) in [5, 5.41) is 9.39. The van der Waals surface area contributed by atoms with Gasteiger partial charge in [-0.05, 0) is 37.4 Å². The third-order valence-corrected chi connectivity index (χ3v) is 4.11. The Morgan fingerprint density at radius 2 is 1.90 bits per heavy atom. The first-order chi connectivity index (χ1) is 10.2. The van der Waals surface area contributed by atoms with Gasteiger partial charge in [0.15, 0.2) is 6.23 Å². The molecule has 3 rings (SSSR count). The molecule has 0 aliphatic carbocycles. The van der Waals surface area contributed by atoms with Gasteiger partial charge in [0, 0.05) is 17.9 Å². The molecule has 0 amide bonds. The number of hydrogen-bond acceptors (Lipinski definition) is 3. The summed E-state index contributed by atoms with van der Waals surface area (Å²) < 4.78 is 6.09. The Morgan fingerprint density at radius 1 is 1.14 bits per heavy atom. The SMILES string of the molecule is CN(C)C1CC(c2ccccc2)c2cc(CO)ccc2O1. The minimum Gasteiger partial charge on any atom is -0.475 e. The van der Waals surface area contributed by atoms with E-state index in [1.807, 2.05) is 32.3 Å². The maximum absolute atomic E-state index is 9.39. The first-order valence-corrected chi connectivity index (χ1v) is 7.30. The quantitative estimate of drug-likeness (QED) is 0.940. The van der Waals surface area contributed by atoms with Crippen LogP contribution in [0.2, 0.25) is 0 Å². The molecule has 0 fully saturated rings.